The lowest BCUT2D eigenvalue weighted by atomic mass is 10.1. The smallest absolute Gasteiger partial charge is 0.407 e. The van der Waals surface area contributed by atoms with Crippen molar-refractivity contribution in [2.75, 3.05) is 26.5 Å². The number of carbonyl (C=O) groups excluding carboxylic acids is 3. The normalized spacial score (nSPS) is 12.1. The van der Waals surface area contributed by atoms with Gasteiger partial charge in [0.25, 0.3) is 5.56 Å². The van der Waals surface area contributed by atoms with Crippen LogP contribution in [0.25, 0.3) is 10.9 Å². The summed E-state index contributed by atoms with van der Waals surface area (Å²) in [6.45, 7) is 4.05. The fourth-order valence-electron chi connectivity index (χ4n) is 4.08. The van der Waals surface area contributed by atoms with Gasteiger partial charge in [0, 0.05) is 25.2 Å². The molecule has 0 saturated carbocycles. The molecule has 0 fully saturated rings. The zero-order chi connectivity index (χ0) is 30.3. The van der Waals surface area contributed by atoms with Crippen LogP contribution in [0.1, 0.15) is 38.1 Å². The Hall–Kier alpha value is -4.19. The number of nitrogens with zero attached hydrogens (tertiary/aromatic N) is 3. The molecule has 0 aliphatic carbocycles. The highest BCUT2D eigenvalue weighted by molar-refractivity contribution is 6.29. The molecule has 0 saturated heterocycles. The Labute approximate surface area is 241 Å². The molecule has 0 aromatic carbocycles. The van der Waals surface area contributed by atoms with E-state index in [1.54, 1.807) is 26.2 Å². The number of likely N-dealkylation sites (N-methyl/N-ethyl adjacent to an activating group) is 1. The van der Waals surface area contributed by atoms with Crippen molar-refractivity contribution in [3.8, 4) is 0 Å². The van der Waals surface area contributed by atoms with Crippen molar-refractivity contribution < 1.29 is 23.5 Å². The second kappa shape index (κ2) is 13.9. The first-order valence-corrected chi connectivity index (χ1v) is 13.4. The third-order valence-corrected chi connectivity index (χ3v) is 6.51. The third kappa shape index (κ3) is 8.16. The summed E-state index contributed by atoms with van der Waals surface area (Å²) in [4.78, 5) is 58.8. The summed E-state index contributed by atoms with van der Waals surface area (Å²) in [5.74, 6) is -1.07. The van der Waals surface area contributed by atoms with Gasteiger partial charge in [-0.1, -0.05) is 31.5 Å². The number of nitrogens with one attached hydrogen (secondary N) is 3. The van der Waals surface area contributed by atoms with Crippen molar-refractivity contribution >= 4 is 46.1 Å². The van der Waals surface area contributed by atoms with Crippen LogP contribution < -0.4 is 16.2 Å². The van der Waals surface area contributed by atoms with Gasteiger partial charge in [0.15, 0.2) is 5.82 Å². The molecule has 220 valence electrons. The van der Waals surface area contributed by atoms with Crippen LogP contribution in [-0.2, 0) is 27.3 Å². The average Bonchev–Trinajstić information content (AvgIpc) is 3.36. The van der Waals surface area contributed by atoms with Crippen molar-refractivity contribution in [2.24, 2.45) is 5.92 Å². The minimum absolute atomic E-state index is 0.0227. The molecular formula is C28H34ClFN6O5. The van der Waals surface area contributed by atoms with E-state index < -0.39 is 29.4 Å². The van der Waals surface area contributed by atoms with E-state index in [1.165, 1.54) is 33.9 Å². The number of fused-ring (bicyclic) bond motifs is 1. The molecule has 3 aromatic heterocycles. The Morgan fingerprint density at radius 2 is 2.00 bits per heavy atom. The number of methoxy groups -OCH3 is 1. The highest BCUT2D eigenvalue weighted by atomic mass is 35.5. The Kier molecular flexibility index (Phi) is 10.6. The molecule has 3 heterocycles. The van der Waals surface area contributed by atoms with Crippen molar-refractivity contribution in [1.29, 1.82) is 0 Å². The van der Waals surface area contributed by atoms with Crippen LogP contribution in [0.15, 0.2) is 41.3 Å². The Balaban J connectivity index is 1.83. The highest BCUT2D eigenvalue weighted by Crippen LogP contribution is 2.24. The van der Waals surface area contributed by atoms with Crippen LogP contribution in [0.3, 0.4) is 0 Å². The maximum Gasteiger partial charge on any atom is 0.407 e. The van der Waals surface area contributed by atoms with E-state index in [2.05, 4.69) is 25.3 Å². The summed E-state index contributed by atoms with van der Waals surface area (Å²) in [6, 6.07) is 3.36. The van der Waals surface area contributed by atoms with E-state index in [0.717, 1.165) is 7.11 Å². The first kappa shape index (κ1) is 31.3. The molecule has 11 nitrogen and oxygen atoms in total. The van der Waals surface area contributed by atoms with Crippen molar-refractivity contribution in [3.63, 3.8) is 0 Å². The molecule has 0 radical (unpaired) electrons. The first-order chi connectivity index (χ1) is 19.4. The second-order valence-corrected chi connectivity index (χ2v) is 10.5. The zero-order valence-corrected chi connectivity index (χ0v) is 24.3. The maximum absolute atomic E-state index is 14.5. The number of rotatable bonds is 11. The van der Waals surface area contributed by atoms with Crippen LogP contribution >= 0.6 is 11.6 Å². The SMILES string of the molecule is COC(=O)NC(CCC=CC(=O)N(C)C)C(=O)Nc1ccc(Cl)n(Cc2cc3c(F)cnc(CC(C)C)c3[nH]2)c1=O. The Morgan fingerprint density at radius 3 is 2.66 bits per heavy atom. The number of H-pyrrole nitrogens is 1. The number of hydrogen-bond acceptors (Lipinski definition) is 6. The molecule has 3 aromatic rings. The van der Waals surface area contributed by atoms with Gasteiger partial charge in [-0.05, 0) is 49.5 Å². The molecular weight excluding hydrogens is 555 g/mol. The molecule has 0 aliphatic rings. The predicted molar refractivity (Wildman–Crippen MR) is 154 cm³/mol. The quantitative estimate of drug-likeness (QED) is 0.230. The Morgan fingerprint density at radius 1 is 1.27 bits per heavy atom. The van der Waals surface area contributed by atoms with E-state index in [-0.39, 0.29) is 36.1 Å². The lowest BCUT2D eigenvalue weighted by molar-refractivity contribution is -0.123. The lowest BCUT2D eigenvalue weighted by Gasteiger charge is -2.18. The monoisotopic (exact) mass is 588 g/mol. The molecule has 13 heteroatoms. The summed E-state index contributed by atoms with van der Waals surface area (Å²) in [5.41, 5.74) is 1.12. The van der Waals surface area contributed by atoms with Crippen molar-refractivity contribution in [3.05, 3.63) is 69.3 Å². The molecule has 0 aliphatic heterocycles. The molecule has 1 atom stereocenters. The second-order valence-electron chi connectivity index (χ2n) is 10.1. The fraction of sp³-hybridized carbons (Fsp3) is 0.393. The number of allylic oxidation sites excluding steroid dienone is 1. The molecule has 3 N–H and O–H groups in total. The van der Waals surface area contributed by atoms with E-state index >= 15 is 0 Å². The minimum Gasteiger partial charge on any atom is -0.453 e. The average molecular weight is 589 g/mol. The largest absolute Gasteiger partial charge is 0.453 e. The van der Waals surface area contributed by atoms with Crippen LogP contribution in [0.2, 0.25) is 5.15 Å². The van der Waals surface area contributed by atoms with Gasteiger partial charge < -0.3 is 25.3 Å². The number of aromatic amines is 1. The number of alkyl carbamates (subject to hydrolysis) is 1. The lowest BCUT2D eigenvalue weighted by Crippen LogP contribution is -2.44. The van der Waals surface area contributed by atoms with Gasteiger partial charge in [0.2, 0.25) is 11.8 Å². The van der Waals surface area contributed by atoms with Crippen molar-refractivity contribution in [1.82, 2.24) is 24.8 Å². The van der Waals surface area contributed by atoms with Gasteiger partial charge in [0.05, 0.1) is 31.1 Å². The first-order valence-electron chi connectivity index (χ1n) is 13.0. The van der Waals surface area contributed by atoms with Gasteiger partial charge in [-0.3, -0.25) is 23.9 Å². The number of amides is 3. The molecule has 0 spiro atoms. The van der Waals surface area contributed by atoms with Gasteiger partial charge in [0.1, 0.15) is 16.9 Å². The number of pyridine rings is 2. The molecule has 3 rings (SSSR count). The van der Waals surface area contributed by atoms with Gasteiger partial charge in [-0.15, -0.1) is 0 Å². The Bertz CT molecular complexity index is 1510. The number of anilines is 1. The number of ether oxygens (including phenoxy) is 1. The maximum atomic E-state index is 14.5. The standard InChI is InChI=1S/C28H34ClFN6O5/c1-16(2)12-22-25-18(19(30)14-31-22)13-17(32-25)15-36-23(29)11-10-21(27(36)39)33-26(38)20(34-28(40)41-5)8-6-7-9-24(37)35(3)4/h7,9-11,13-14,16,20,32H,6,8,12,15H2,1-5H3,(H,33,38)(H,34,40). The topological polar surface area (TPSA) is 138 Å². The van der Waals surface area contributed by atoms with E-state index in [0.29, 0.717) is 34.6 Å². The molecule has 41 heavy (non-hydrogen) atoms. The highest BCUT2D eigenvalue weighted by Gasteiger charge is 2.22. The number of halogens is 2. The number of aromatic nitrogens is 3. The molecule has 3 amide bonds. The van der Waals surface area contributed by atoms with E-state index in [4.69, 9.17) is 11.6 Å². The zero-order valence-electron chi connectivity index (χ0n) is 23.6. The fourth-order valence-corrected chi connectivity index (χ4v) is 4.28. The summed E-state index contributed by atoms with van der Waals surface area (Å²) < 4.78 is 20.4. The summed E-state index contributed by atoms with van der Waals surface area (Å²) in [6.07, 6.45) is 4.36. The predicted octanol–water partition coefficient (Wildman–Crippen LogP) is 3.85. The summed E-state index contributed by atoms with van der Waals surface area (Å²) in [5, 5.41) is 5.45. The third-order valence-electron chi connectivity index (χ3n) is 6.18. The van der Waals surface area contributed by atoms with Crippen LogP contribution in [-0.4, -0.2) is 64.6 Å². The summed E-state index contributed by atoms with van der Waals surface area (Å²) >= 11 is 6.34. The van der Waals surface area contributed by atoms with Gasteiger partial charge >= 0.3 is 6.09 Å². The number of hydrogen-bond donors (Lipinski definition) is 3. The van der Waals surface area contributed by atoms with E-state index in [1.807, 2.05) is 13.8 Å². The molecule has 0 bridgehead atoms. The van der Waals surface area contributed by atoms with E-state index in [9.17, 15) is 23.6 Å². The molecule has 1 unspecified atom stereocenters. The van der Waals surface area contributed by atoms with Gasteiger partial charge in [-0.2, -0.15) is 0 Å². The number of carbonyl (C=O) groups is 3. The van der Waals surface area contributed by atoms with Crippen LogP contribution in [0.5, 0.6) is 0 Å². The van der Waals surface area contributed by atoms with Crippen LogP contribution in [0.4, 0.5) is 14.9 Å². The van der Waals surface area contributed by atoms with Gasteiger partial charge in [-0.25, -0.2) is 9.18 Å². The minimum atomic E-state index is -1.06. The van der Waals surface area contributed by atoms with Crippen LogP contribution in [0, 0.1) is 11.7 Å². The van der Waals surface area contributed by atoms with Crippen molar-refractivity contribution in [2.45, 2.75) is 45.7 Å². The summed E-state index contributed by atoms with van der Waals surface area (Å²) in [7, 11) is 4.38.